The number of aliphatic hydroxyl groups is 1. The molecule has 1 atom stereocenters. The number of nitrogens with zero attached hydrogens (tertiary/aromatic N) is 2. The number of ketones is 1. The van der Waals surface area contributed by atoms with Crippen molar-refractivity contribution in [3.63, 3.8) is 0 Å². The Kier molecular flexibility index (Phi) is 5.32. The lowest BCUT2D eigenvalue weighted by Gasteiger charge is -2.23. The zero-order valence-electron chi connectivity index (χ0n) is 17.0. The molecule has 2 heterocycles. The van der Waals surface area contributed by atoms with Gasteiger partial charge in [-0.25, -0.2) is 9.37 Å². The highest BCUT2D eigenvalue weighted by Crippen LogP contribution is 2.44. The number of Topliss-reactive ketones (excluding diaryl/α,β-unsaturated/α-hetero) is 1. The molecule has 1 N–H and O–H groups in total. The highest BCUT2D eigenvalue weighted by Gasteiger charge is 2.49. The Bertz CT molecular complexity index is 1200. The van der Waals surface area contributed by atoms with Crippen LogP contribution in [-0.2, 0) is 9.59 Å². The number of anilines is 1. The first-order valence-corrected chi connectivity index (χ1v) is 10.3. The van der Waals surface area contributed by atoms with Crippen LogP contribution in [0.3, 0.4) is 0 Å². The lowest BCUT2D eigenvalue weighted by molar-refractivity contribution is -0.132. The second-order valence-corrected chi connectivity index (χ2v) is 8.24. The second kappa shape index (κ2) is 7.96. The molecule has 1 amide bonds. The van der Waals surface area contributed by atoms with Crippen LogP contribution in [0.2, 0.25) is 0 Å². The van der Waals surface area contributed by atoms with E-state index >= 15 is 0 Å². The predicted octanol–water partition coefficient (Wildman–Crippen LogP) is 4.53. The Morgan fingerprint density at radius 3 is 2.39 bits per heavy atom. The number of benzene rings is 2. The van der Waals surface area contributed by atoms with Gasteiger partial charge < -0.3 is 9.84 Å². The third-order valence-electron chi connectivity index (χ3n) is 5.23. The van der Waals surface area contributed by atoms with Gasteiger partial charge in [0.05, 0.1) is 18.4 Å². The third-order valence-corrected chi connectivity index (χ3v) is 6.30. The van der Waals surface area contributed by atoms with Gasteiger partial charge in [-0.1, -0.05) is 18.2 Å². The summed E-state index contributed by atoms with van der Waals surface area (Å²) in [4.78, 5) is 32.5. The number of amides is 1. The van der Waals surface area contributed by atoms with Crippen molar-refractivity contribution >= 4 is 33.9 Å². The van der Waals surface area contributed by atoms with E-state index in [2.05, 4.69) is 4.98 Å². The number of aromatic nitrogens is 1. The fourth-order valence-corrected chi connectivity index (χ4v) is 4.42. The summed E-state index contributed by atoms with van der Waals surface area (Å²) >= 11 is 1.23. The number of aryl methyl sites for hydroxylation is 2. The Hall–Kier alpha value is -3.52. The van der Waals surface area contributed by atoms with Crippen molar-refractivity contribution in [1.82, 2.24) is 4.98 Å². The molecule has 1 aliphatic heterocycles. The van der Waals surface area contributed by atoms with Crippen LogP contribution < -0.4 is 9.64 Å². The van der Waals surface area contributed by atoms with E-state index in [1.54, 1.807) is 37.3 Å². The SMILES string of the molecule is COc1ccc(C(O)=C2C(=O)C(=O)N(c3nc(C)c(C)s3)C2c2ccccc2F)cc1. The normalized spacial score (nSPS) is 17.9. The number of methoxy groups -OCH3 is 1. The van der Waals surface area contributed by atoms with Crippen LogP contribution in [0.25, 0.3) is 5.76 Å². The smallest absolute Gasteiger partial charge is 0.301 e. The molecule has 158 valence electrons. The minimum atomic E-state index is -1.15. The van der Waals surface area contributed by atoms with Crippen molar-refractivity contribution < 1.29 is 23.8 Å². The molecule has 1 fully saturated rings. The van der Waals surface area contributed by atoms with Crippen LogP contribution in [-0.4, -0.2) is 28.9 Å². The van der Waals surface area contributed by atoms with E-state index in [1.807, 2.05) is 6.92 Å². The lowest BCUT2D eigenvalue weighted by Crippen LogP contribution is -2.29. The number of rotatable bonds is 4. The number of hydrogen-bond acceptors (Lipinski definition) is 6. The summed E-state index contributed by atoms with van der Waals surface area (Å²) in [7, 11) is 1.51. The van der Waals surface area contributed by atoms with E-state index in [4.69, 9.17) is 4.74 Å². The van der Waals surface area contributed by atoms with Gasteiger partial charge in [-0.05, 0) is 44.2 Å². The molecule has 0 radical (unpaired) electrons. The highest BCUT2D eigenvalue weighted by atomic mass is 32.1. The average Bonchev–Trinajstić information content (AvgIpc) is 3.23. The van der Waals surface area contributed by atoms with Crippen LogP contribution in [0.1, 0.15) is 27.7 Å². The zero-order chi connectivity index (χ0) is 22.3. The van der Waals surface area contributed by atoms with Gasteiger partial charge in [-0.15, -0.1) is 11.3 Å². The van der Waals surface area contributed by atoms with Crippen LogP contribution in [0.4, 0.5) is 9.52 Å². The maximum Gasteiger partial charge on any atom is 0.301 e. The summed E-state index contributed by atoms with van der Waals surface area (Å²) in [5.74, 6) is -2.17. The highest BCUT2D eigenvalue weighted by molar-refractivity contribution is 7.16. The summed E-state index contributed by atoms with van der Waals surface area (Å²) in [6.45, 7) is 3.64. The van der Waals surface area contributed by atoms with Gasteiger partial charge >= 0.3 is 5.91 Å². The van der Waals surface area contributed by atoms with Crippen LogP contribution in [0.5, 0.6) is 5.75 Å². The number of carbonyl (C=O) groups is 2. The zero-order valence-corrected chi connectivity index (χ0v) is 17.9. The molecular formula is C23H19FN2O4S. The van der Waals surface area contributed by atoms with Crippen molar-refractivity contribution in [2.45, 2.75) is 19.9 Å². The first-order valence-electron chi connectivity index (χ1n) is 9.47. The van der Waals surface area contributed by atoms with E-state index in [0.29, 0.717) is 17.0 Å². The van der Waals surface area contributed by atoms with Crippen molar-refractivity contribution in [3.05, 3.63) is 81.6 Å². The number of hydrogen-bond donors (Lipinski definition) is 1. The van der Waals surface area contributed by atoms with Crippen molar-refractivity contribution in [2.75, 3.05) is 12.0 Å². The number of halogens is 1. The second-order valence-electron chi connectivity index (χ2n) is 7.06. The van der Waals surface area contributed by atoms with E-state index in [1.165, 1.54) is 41.5 Å². The van der Waals surface area contributed by atoms with Crippen LogP contribution >= 0.6 is 11.3 Å². The molecule has 8 heteroatoms. The van der Waals surface area contributed by atoms with E-state index in [9.17, 15) is 19.1 Å². The third kappa shape index (κ3) is 3.48. The molecule has 0 bridgehead atoms. The summed E-state index contributed by atoms with van der Waals surface area (Å²) in [6, 6.07) is 11.1. The number of thiazole rings is 1. The largest absolute Gasteiger partial charge is 0.507 e. The lowest BCUT2D eigenvalue weighted by atomic mass is 9.95. The number of aliphatic hydroxyl groups excluding tert-OH is 1. The fraction of sp³-hybridized carbons (Fsp3) is 0.174. The molecule has 3 aromatic rings. The van der Waals surface area contributed by atoms with Gasteiger partial charge in [0.25, 0.3) is 5.78 Å². The molecule has 4 rings (SSSR count). The fourth-order valence-electron chi connectivity index (χ4n) is 3.48. The Labute approximate surface area is 182 Å². The number of carbonyl (C=O) groups excluding carboxylic acids is 2. The molecule has 0 aliphatic carbocycles. The number of ether oxygens (including phenoxy) is 1. The van der Waals surface area contributed by atoms with Crippen molar-refractivity contribution in [3.8, 4) is 5.75 Å². The standard InChI is InChI=1S/C23H19FN2O4S/c1-12-13(2)31-23(25-12)26-19(16-6-4-5-7-17(16)24)18(21(28)22(26)29)20(27)14-8-10-15(30-3)11-9-14/h4-11,19,27H,1-3H3. The quantitative estimate of drug-likeness (QED) is 0.368. The maximum atomic E-state index is 14.8. The van der Waals surface area contributed by atoms with Gasteiger partial charge in [0.15, 0.2) is 5.13 Å². The minimum absolute atomic E-state index is 0.0993. The molecule has 1 unspecified atom stereocenters. The molecule has 6 nitrogen and oxygen atoms in total. The monoisotopic (exact) mass is 438 g/mol. The molecule has 1 aromatic heterocycles. The Balaban J connectivity index is 1.95. The first-order chi connectivity index (χ1) is 14.8. The van der Waals surface area contributed by atoms with E-state index in [-0.39, 0.29) is 22.0 Å². The molecule has 2 aromatic carbocycles. The minimum Gasteiger partial charge on any atom is -0.507 e. The molecule has 31 heavy (non-hydrogen) atoms. The molecule has 1 saturated heterocycles. The van der Waals surface area contributed by atoms with Crippen LogP contribution in [0, 0.1) is 19.7 Å². The molecule has 0 spiro atoms. The van der Waals surface area contributed by atoms with Gasteiger partial charge in [0.1, 0.15) is 23.4 Å². The van der Waals surface area contributed by atoms with Gasteiger partial charge in [-0.3, -0.25) is 14.5 Å². The summed E-state index contributed by atoms with van der Waals surface area (Å²) in [6.07, 6.45) is 0. The van der Waals surface area contributed by atoms with Gasteiger partial charge in [0.2, 0.25) is 0 Å². The first kappa shape index (κ1) is 20.7. The topological polar surface area (TPSA) is 79.7 Å². The molecular weight excluding hydrogens is 419 g/mol. The van der Waals surface area contributed by atoms with E-state index in [0.717, 1.165) is 4.88 Å². The maximum absolute atomic E-state index is 14.8. The van der Waals surface area contributed by atoms with Crippen molar-refractivity contribution in [1.29, 1.82) is 0 Å². The van der Waals surface area contributed by atoms with Crippen molar-refractivity contribution in [2.24, 2.45) is 0 Å². The Morgan fingerprint density at radius 2 is 1.81 bits per heavy atom. The van der Waals surface area contributed by atoms with Gasteiger partial charge in [-0.2, -0.15) is 0 Å². The predicted molar refractivity (Wildman–Crippen MR) is 116 cm³/mol. The summed E-state index contributed by atoms with van der Waals surface area (Å²) in [5.41, 5.74) is 0.934. The molecule has 0 saturated carbocycles. The van der Waals surface area contributed by atoms with E-state index < -0.39 is 23.5 Å². The van der Waals surface area contributed by atoms with Gasteiger partial charge in [0, 0.05) is 16.0 Å². The Morgan fingerprint density at radius 1 is 1.13 bits per heavy atom. The summed E-state index contributed by atoms with van der Waals surface area (Å²) in [5, 5.41) is 11.3. The summed E-state index contributed by atoms with van der Waals surface area (Å²) < 4.78 is 19.9. The van der Waals surface area contributed by atoms with Crippen LogP contribution in [0.15, 0.2) is 54.1 Å². The molecule has 1 aliphatic rings. The average molecular weight is 438 g/mol.